The fourth-order valence-electron chi connectivity index (χ4n) is 1.07. The Kier molecular flexibility index (Phi) is 6.64. The minimum atomic E-state index is -0.842. The fraction of sp³-hybridized carbons (Fsp3) is 0.778. The predicted molar refractivity (Wildman–Crippen MR) is 56.3 cm³/mol. The van der Waals surface area contributed by atoms with Gasteiger partial charge in [-0.15, -0.1) is 0 Å². The van der Waals surface area contributed by atoms with E-state index in [0.29, 0.717) is 13.2 Å². The van der Waals surface area contributed by atoms with E-state index in [1.54, 1.807) is 6.92 Å². The lowest BCUT2D eigenvalue weighted by atomic mass is 10.2. The van der Waals surface area contributed by atoms with Crippen LogP contribution in [0.5, 0.6) is 0 Å². The maximum absolute atomic E-state index is 11.2. The summed E-state index contributed by atoms with van der Waals surface area (Å²) >= 11 is 0. The van der Waals surface area contributed by atoms with Gasteiger partial charge in [0, 0.05) is 12.6 Å². The molecule has 6 nitrogen and oxygen atoms in total. The summed E-state index contributed by atoms with van der Waals surface area (Å²) in [6, 6.07) is -1.28. The van der Waals surface area contributed by atoms with E-state index in [2.05, 4.69) is 5.32 Å². The third-order valence-corrected chi connectivity index (χ3v) is 1.75. The lowest BCUT2D eigenvalue weighted by molar-refractivity contribution is -0.121. The van der Waals surface area contributed by atoms with Gasteiger partial charge in [0.2, 0.25) is 5.91 Å². The zero-order chi connectivity index (χ0) is 11.8. The normalized spacial score (nSPS) is 14.3. The van der Waals surface area contributed by atoms with Crippen molar-refractivity contribution >= 4 is 11.9 Å². The first-order valence-electron chi connectivity index (χ1n) is 4.91. The van der Waals surface area contributed by atoms with Crippen molar-refractivity contribution in [3.05, 3.63) is 0 Å². The summed E-state index contributed by atoms with van der Waals surface area (Å²) in [5.74, 6) is -0.439. The molecule has 0 fully saturated rings. The van der Waals surface area contributed by atoms with Crippen LogP contribution in [0.2, 0.25) is 0 Å². The molecule has 6 heteroatoms. The quantitative estimate of drug-likeness (QED) is 0.563. The van der Waals surface area contributed by atoms with Gasteiger partial charge in [-0.1, -0.05) is 0 Å². The first-order chi connectivity index (χ1) is 6.97. The van der Waals surface area contributed by atoms with Crippen molar-refractivity contribution in [1.82, 2.24) is 10.6 Å². The van der Waals surface area contributed by atoms with Gasteiger partial charge in [-0.3, -0.25) is 10.1 Å². The van der Waals surface area contributed by atoms with Gasteiger partial charge in [0.25, 0.3) is 0 Å². The van der Waals surface area contributed by atoms with Gasteiger partial charge < -0.3 is 15.8 Å². The Morgan fingerprint density at radius 2 is 2.00 bits per heavy atom. The molecule has 0 aromatic rings. The molecular weight excluding hydrogens is 198 g/mol. The molecule has 0 heterocycles. The van der Waals surface area contributed by atoms with E-state index in [4.69, 9.17) is 10.5 Å². The second-order valence-electron chi connectivity index (χ2n) is 3.30. The Morgan fingerprint density at radius 1 is 1.40 bits per heavy atom. The van der Waals surface area contributed by atoms with Crippen LogP contribution in [0.25, 0.3) is 0 Å². The molecule has 0 aromatic carbocycles. The van der Waals surface area contributed by atoms with Gasteiger partial charge in [0.05, 0.1) is 12.6 Å². The summed E-state index contributed by atoms with van der Waals surface area (Å²) in [4.78, 5) is 21.7. The van der Waals surface area contributed by atoms with Gasteiger partial charge in [-0.25, -0.2) is 4.79 Å². The Bertz CT molecular complexity index is 221. The third-order valence-electron chi connectivity index (χ3n) is 1.75. The Morgan fingerprint density at radius 3 is 2.47 bits per heavy atom. The Balaban J connectivity index is 3.84. The van der Waals surface area contributed by atoms with E-state index >= 15 is 0 Å². The number of nitrogens with two attached hydrogens (primary N) is 1. The van der Waals surface area contributed by atoms with Crippen LogP contribution < -0.4 is 16.4 Å². The standard InChI is InChI=1S/C9H19N3O3/c1-4-15-5-6(2)11-7(3)8(13)12-9(10)14/h6-7,11H,4-5H2,1-3H3,(H3,10,12,13,14). The largest absolute Gasteiger partial charge is 0.380 e. The van der Waals surface area contributed by atoms with Gasteiger partial charge in [-0.2, -0.15) is 0 Å². The number of nitrogens with one attached hydrogen (secondary N) is 2. The van der Waals surface area contributed by atoms with Crippen LogP contribution in [-0.2, 0) is 9.53 Å². The molecule has 0 radical (unpaired) electrons. The molecule has 0 aliphatic rings. The second kappa shape index (κ2) is 7.19. The molecule has 4 N–H and O–H groups in total. The molecular formula is C9H19N3O3. The van der Waals surface area contributed by atoms with E-state index in [1.807, 2.05) is 19.2 Å². The van der Waals surface area contributed by atoms with Crippen molar-refractivity contribution in [2.45, 2.75) is 32.9 Å². The highest BCUT2D eigenvalue weighted by Gasteiger charge is 2.16. The van der Waals surface area contributed by atoms with Gasteiger partial charge in [0.1, 0.15) is 0 Å². The molecule has 2 atom stereocenters. The third kappa shape index (κ3) is 6.87. The molecule has 0 aliphatic heterocycles. The van der Waals surface area contributed by atoms with Gasteiger partial charge >= 0.3 is 6.03 Å². The Labute approximate surface area is 89.5 Å². The molecule has 0 aromatic heterocycles. The molecule has 88 valence electrons. The second-order valence-corrected chi connectivity index (χ2v) is 3.30. The number of carbonyl (C=O) groups excluding carboxylic acids is 2. The smallest absolute Gasteiger partial charge is 0.318 e. The van der Waals surface area contributed by atoms with E-state index in [1.165, 1.54) is 0 Å². The summed E-state index contributed by atoms with van der Waals surface area (Å²) < 4.78 is 5.17. The van der Waals surface area contributed by atoms with Gasteiger partial charge in [-0.05, 0) is 20.8 Å². The van der Waals surface area contributed by atoms with Gasteiger partial charge in [0.15, 0.2) is 0 Å². The number of imide groups is 1. The number of carbonyl (C=O) groups is 2. The number of urea groups is 1. The molecule has 0 saturated heterocycles. The van der Waals surface area contributed by atoms with Crippen LogP contribution in [0.4, 0.5) is 4.79 Å². The van der Waals surface area contributed by atoms with Crippen LogP contribution in [0.3, 0.4) is 0 Å². The van der Waals surface area contributed by atoms with Crippen molar-refractivity contribution < 1.29 is 14.3 Å². The highest BCUT2D eigenvalue weighted by atomic mass is 16.5. The zero-order valence-corrected chi connectivity index (χ0v) is 9.37. The number of ether oxygens (including phenoxy) is 1. The van der Waals surface area contributed by atoms with Crippen LogP contribution in [-0.4, -0.2) is 37.2 Å². The van der Waals surface area contributed by atoms with E-state index in [-0.39, 0.29) is 6.04 Å². The monoisotopic (exact) mass is 217 g/mol. The summed E-state index contributed by atoms with van der Waals surface area (Å²) in [7, 11) is 0. The fourth-order valence-corrected chi connectivity index (χ4v) is 1.07. The highest BCUT2D eigenvalue weighted by molar-refractivity contribution is 5.96. The van der Waals surface area contributed by atoms with Crippen molar-refractivity contribution in [2.24, 2.45) is 5.73 Å². The summed E-state index contributed by atoms with van der Waals surface area (Å²) in [6.07, 6.45) is 0. The molecule has 0 bridgehead atoms. The van der Waals surface area contributed by atoms with Crippen LogP contribution in [0.1, 0.15) is 20.8 Å². The summed E-state index contributed by atoms with van der Waals surface area (Å²) in [5, 5.41) is 4.98. The molecule has 0 rings (SSSR count). The van der Waals surface area contributed by atoms with Crippen LogP contribution in [0.15, 0.2) is 0 Å². The number of rotatable bonds is 6. The average molecular weight is 217 g/mol. The molecule has 0 aliphatic carbocycles. The lowest BCUT2D eigenvalue weighted by Crippen LogP contribution is -2.49. The van der Waals surface area contributed by atoms with Crippen LogP contribution in [0, 0.1) is 0 Å². The zero-order valence-electron chi connectivity index (χ0n) is 9.37. The van der Waals surface area contributed by atoms with E-state index < -0.39 is 18.0 Å². The van der Waals surface area contributed by atoms with Crippen molar-refractivity contribution in [2.75, 3.05) is 13.2 Å². The van der Waals surface area contributed by atoms with Crippen molar-refractivity contribution in [1.29, 1.82) is 0 Å². The minimum absolute atomic E-state index is 0.0403. The predicted octanol–water partition coefficient (Wildman–Crippen LogP) is -0.416. The maximum atomic E-state index is 11.2. The van der Waals surface area contributed by atoms with E-state index in [0.717, 1.165) is 0 Å². The number of primary amides is 1. The summed E-state index contributed by atoms with van der Waals surface area (Å²) in [5.41, 5.74) is 4.82. The lowest BCUT2D eigenvalue weighted by Gasteiger charge is -2.18. The maximum Gasteiger partial charge on any atom is 0.318 e. The topological polar surface area (TPSA) is 93.4 Å². The molecule has 3 amide bonds. The molecule has 15 heavy (non-hydrogen) atoms. The first-order valence-corrected chi connectivity index (χ1v) is 4.91. The van der Waals surface area contributed by atoms with E-state index in [9.17, 15) is 9.59 Å². The number of hydrogen-bond donors (Lipinski definition) is 3. The molecule has 2 unspecified atom stereocenters. The SMILES string of the molecule is CCOCC(C)NC(C)C(=O)NC(N)=O. The number of amides is 3. The van der Waals surface area contributed by atoms with Crippen LogP contribution >= 0.6 is 0 Å². The molecule has 0 saturated carbocycles. The first kappa shape index (κ1) is 13.9. The number of hydrogen-bond acceptors (Lipinski definition) is 4. The van der Waals surface area contributed by atoms with Crippen molar-refractivity contribution in [3.8, 4) is 0 Å². The molecule has 0 spiro atoms. The minimum Gasteiger partial charge on any atom is -0.380 e. The highest BCUT2D eigenvalue weighted by Crippen LogP contribution is 1.89. The summed E-state index contributed by atoms with van der Waals surface area (Å²) in [6.45, 7) is 6.60. The Hall–Kier alpha value is -1.14. The average Bonchev–Trinajstić information content (AvgIpc) is 2.13. The van der Waals surface area contributed by atoms with Crippen molar-refractivity contribution in [3.63, 3.8) is 0 Å².